The van der Waals surface area contributed by atoms with Gasteiger partial charge in [0.25, 0.3) is 5.91 Å². The van der Waals surface area contributed by atoms with E-state index in [0.29, 0.717) is 17.3 Å². The third-order valence-electron chi connectivity index (χ3n) is 3.45. The molecule has 3 aromatic rings. The summed E-state index contributed by atoms with van der Waals surface area (Å²) in [7, 11) is 0. The fraction of sp³-hybridized carbons (Fsp3) is 0.0556. The van der Waals surface area contributed by atoms with Crippen LogP contribution in [0.5, 0.6) is 0 Å². The first-order valence-corrected chi connectivity index (χ1v) is 7.72. The Morgan fingerprint density at radius 1 is 1.08 bits per heavy atom. The third-order valence-corrected chi connectivity index (χ3v) is 3.70. The second-order valence-electron chi connectivity index (χ2n) is 5.16. The van der Waals surface area contributed by atoms with Crippen LogP contribution in [0.15, 0.2) is 60.8 Å². The van der Waals surface area contributed by atoms with E-state index in [1.54, 1.807) is 12.1 Å². The van der Waals surface area contributed by atoms with Crippen molar-refractivity contribution in [3.63, 3.8) is 0 Å². The molecule has 3 N–H and O–H groups in total. The van der Waals surface area contributed by atoms with Gasteiger partial charge in [-0.25, -0.2) is 9.97 Å². The van der Waals surface area contributed by atoms with E-state index < -0.39 is 0 Å². The molecular weight excluding hydrogens is 324 g/mol. The van der Waals surface area contributed by atoms with Crippen LogP contribution in [-0.4, -0.2) is 15.9 Å². The highest BCUT2D eigenvalue weighted by atomic mass is 35.5. The molecule has 120 valence electrons. The maximum atomic E-state index is 12.4. The minimum atomic E-state index is -0.361. The van der Waals surface area contributed by atoms with E-state index in [-0.39, 0.29) is 17.4 Å². The zero-order chi connectivity index (χ0) is 16.9. The number of carbonyl (C=O) groups is 1. The van der Waals surface area contributed by atoms with Gasteiger partial charge in [-0.3, -0.25) is 4.79 Å². The molecule has 0 spiro atoms. The first kappa shape index (κ1) is 16.0. The number of nitrogens with zero attached hydrogens (tertiary/aromatic N) is 2. The van der Waals surface area contributed by atoms with Gasteiger partial charge < -0.3 is 11.1 Å². The molecule has 0 unspecified atom stereocenters. The summed E-state index contributed by atoms with van der Waals surface area (Å²) in [5, 5.41) is 3.43. The summed E-state index contributed by atoms with van der Waals surface area (Å²) in [5.41, 5.74) is 8.28. The second-order valence-corrected chi connectivity index (χ2v) is 5.60. The topological polar surface area (TPSA) is 80.9 Å². The molecule has 1 heterocycles. The number of aromatic nitrogens is 2. The van der Waals surface area contributed by atoms with E-state index in [1.807, 2.05) is 42.5 Å². The van der Waals surface area contributed by atoms with Crippen LogP contribution in [-0.2, 0) is 6.54 Å². The van der Waals surface area contributed by atoms with Crippen LogP contribution < -0.4 is 11.1 Å². The van der Waals surface area contributed by atoms with Gasteiger partial charge in [0.05, 0.1) is 11.9 Å². The van der Waals surface area contributed by atoms with E-state index in [9.17, 15) is 4.79 Å². The zero-order valence-corrected chi connectivity index (χ0v) is 13.5. The summed E-state index contributed by atoms with van der Waals surface area (Å²) in [6.07, 6.45) is 1.53. The molecular formula is C18H15ClN4O. The minimum Gasteiger partial charge on any atom is -0.382 e. The largest absolute Gasteiger partial charge is 0.382 e. The lowest BCUT2D eigenvalue weighted by molar-refractivity contribution is 0.0946. The molecule has 0 aliphatic carbocycles. The van der Waals surface area contributed by atoms with Gasteiger partial charge in [0.2, 0.25) is 0 Å². The number of hydrogen-bond acceptors (Lipinski definition) is 4. The molecule has 2 aromatic carbocycles. The van der Waals surface area contributed by atoms with Gasteiger partial charge in [0.1, 0.15) is 0 Å². The summed E-state index contributed by atoms with van der Waals surface area (Å²) in [5.74, 6) is -0.266. The summed E-state index contributed by atoms with van der Waals surface area (Å²) < 4.78 is 0. The normalized spacial score (nSPS) is 10.4. The van der Waals surface area contributed by atoms with Crippen molar-refractivity contribution >= 4 is 23.3 Å². The summed E-state index contributed by atoms with van der Waals surface area (Å²) >= 11 is 5.89. The smallest absolute Gasteiger partial charge is 0.274 e. The Bertz CT molecular complexity index is 851. The average molecular weight is 339 g/mol. The third kappa shape index (κ3) is 3.70. The van der Waals surface area contributed by atoms with Crippen molar-refractivity contribution in [2.75, 3.05) is 5.73 Å². The fourth-order valence-electron chi connectivity index (χ4n) is 2.19. The van der Waals surface area contributed by atoms with Gasteiger partial charge in [0.15, 0.2) is 11.5 Å². The molecule has 6 heteroatoms. The lowest BCUT2D eigenvalue weighted by Gasteiger charge is -2.08. The van der Waals surface area contributed by atoms with E-state index in [0.717, 1.165) is 11.1 Å². The summed E-state index contributed by atoms with van der Waals surface area (Å²) in [6, 6.07) is 16.7. The number of nitrogens with two attached hydrogens (primary N) is 1. The van der Waals surface area contributed by atoms with Crippen molar-refractivity contribution in [3.8, 4) is 11.3 Å². The quantitative estimate of drug-likeness (QED) is 0.764. The lowest BCUT2D eigenvalue weighted by atomic mass is 10.1. The summed E-state index contributed by atoms with van der Waals surface area (Å²) in [4.78, 5) is 20.8. The number of halogens is 1. The Morgan fingerprint density at radius 2 is 1.79 bits per heavy atom. The van der Waals surface area contributed by atoms with Gasteiger partial charge in [-0.1, -0.05) is 54.1 Å². The molecule has 0 saturated carbocycles. The zero-order valence-electron chi connectivity index (χ0n) is 12.7. The number of carbonyl (C=O) groups excluding carboxylic acids is 1. The number of benzene rings is 2. The molecule has 0 bridgehead atoms. The van der Waals surface area contributed by atoms with Crippen molar-refractivity contribution < 1.29 is 4.79 Å². The summed E-state index contributed by atoms with van der Waals surface area (Å²) in [6.45, 7) is 0.395. The monoisotopic (exact) mass is 338 g/mol. The number of hydrogen-bond donors (Lipinski definition) is 2. The maximum absolute atomic E-state index is 12.4. The first-order valence-electron chi connectivity index (χ1n) is 7.34. The number of nitrogen functional groups attached to an aromatic ring is 1. The van der Waals surface area contributed by atoms with Crippen LogP contribution in [0.2, 0.25) is 5.02 Å². The highest BCUT2D eigenvalue weighted by Gasteiger charge is 2.14. The predicted octanol–water partition coefficient (Wildman–Crippen LogP) is 3.31. The van der Waals surface area contributed by atoms with Crippen molar-refractivity contribution in [2.24, 2.45) is 0 Å². The van der Waals surface area contributed by atoms with Gasteiger partial charge in [0, 0.05) is 17.1 Å². The van der Waals surface area contributed by atoms with Crippen LogP contribution in [0.25, 0.3) is 11.3 Å². The van der Waals surface area contributed by atoms with Crippen molar-refractivity contribution in [2.45, 2.75) is 6.54 Å². The van der Waals surface area contributed by atoms with Crippen molar-refractivity contribution in [1.82, 2.24) is 15.3 Å². The van der Waals surface area contributed by atoms with Gasteiger partial charge in [-0.15, -0.1) is 0 Å². The number of rotatable bonds is 4. The van der Waals surface area contributed by atoms with Gasteiger partial charge >= 0.3 is 0 Å². The molecule has 1 aromatic heterocycles. The van der Waals surface area contributed by atoms with E-state index in [2.05, 4.69) is 15.3 Å². The Kier molecular flexibility index (Phi) is 4.72. The van der Waals surface area contributed by atoms with Crippen molar-refractivity contribution in [1.29, 1.82) is 0 Å². The highest BCUT2D eigenvalue weighted by Crippen LogP contribution is 2.20. The molecule has 3 rings (SSSR count). The minimum absolute atomic E-state index is 0.0956. The number of nitrogens with one attached hydrogen (secondary N) is 1. The van der Waals surface area contributed by atoms with Crippen LogP contribution >= 0.6 is 11.6 Å². The lowest BCUT2D eigenvalue weighted by Crippen LogP contribution is -2.25. The average Bonchev–Trinajstić information content (AvgIpc) is 2.62. The highest BCUT2D eigenvalue weighted by molar-refractivity contribution is 6.30. The molecule has 0 saturated heterocycles. The number of amides is 1. The van der Waals surface area contributed by atoms with Gasteiger partial charge in [-0.2, -0.15) is 0 Å². The first-order chi connectivity index (χ1) is 11.6. The molecule has 0 atom stereocenters. The molecule has 5 nitrogen and oxygen atoms in total. The second kappa shape index (κ2) is 7.10. The molecule has 0 radical (unpaired) electrons. The van der Waals surface area contributed by atoms with Crippen LogP contribution in [0.1, 0.15) is 16.1 Å². The van der Waals surface area contributed by atoms with Crippen LogP contribution in [0.3, 0.4) is 0 Å². The standard InChI is InChI=1S/C18H15ClN4O/c19-14-8-6-13(7-9-14)15-11-21-17(20)16(23-15)18(24)22-10-12-4-2-1-3-5-12/h1-9,11H,10H2,(H2,20,21)(H,22,24). The fourth-order valence-corrected chi connectivity index (χ4v) is 2.31. The Morgan fingerprint density at radius 3 is 2.50 bits per heavy atom. The predicted molar refractivity (Wildman–Crippen MR) is 94.5 cm³/mol. The Balaban J connectivity index is 1.80. The SMILES string of the molecule is Nc1ncc(-c2ccc(Cl)cc2)nc1C(=O)NCc1ccccc1. The van der Waals surface area contributed by atoms with Crippen LogP contribution in [0, 0.1) is 0 Å². The van der Waals surface area contributed by atoms with E-state index in [1.165, 1.54) is 6.20 Å². The Hall–Kier alpha value is -2.92. The van der Waals surface area contributed by atoms with Crippen molar-refractivity contribution in [3.05, 3.63) is 77.1 Å². The van der Waals surface area contributed by atoms with E-state index in [4.69, 9.17) is 17.3 Å². The molecule has 0 aliphatic rings. The number of anilines is 1. The molecule has 24 heavy (non-hydrogen) atoms. The van der Waals surface area contributed by atoms with Gasteiger partial charge in [-0.05, 0) is 17.7 Å². The maximum Gasteiger partial charge on any atom is 0.274 e. The molecule has 1 amide bonds. The molecule has 0 aliphatic heterocycles. The van der Waals surface area contributed by atoms with E-state index >= 15 is 0 Å². The Labute approximate surface area is 144 Å². The van der Waals surface area contributed by atoms with Crippen LogP contribution in [0.4, 0.5) is 5.82 Å². The molecule has 0 fully saturated rings.